The van der Waals surface area contributed by atoms with E-state index >= 15 is 0 Å². The molecular formula is C14H18ClN3S. The predicted molar refractivity (Wildman–Crippen MR) is 82.2 cm³/mol. The van der Waals surface area contributed by atoms with Crippen LogP contribution in [0.5, 0.6) is 0 Å². The SMILES string of the molecule is CCc1nc(Cl)c(C)c(NCc2ccc(CC)s2)n1. The van der Waals surface area contributed by atoms with Crippen molar-refractivity contribution in [1.82, 2.24) is 9.97 Å². The van der Waals surface area contributed by atoms with Crippen LogP contribution >= 0.6 is 22.9 Å². The summed E-state index contributed by atoms with van der Waals surface area (Å²) in [4.78, 5) is 11.4. The number of rotatable bonds is 5. The third kappa shape index (κ3) is 3.45. The Morgan fingerprint density at radius 1 is 1.16 bits per heavy atom. The van der Waals surface area contributed by atoms with Gasteiger partial charge >= 0.3 is 0 Å². The number of aryl methyl sites for hydroxylation is 2. The van der Waals surface area contributed by atoms with Crippen LogP contribution in [-0.4, -0.2) is 9.97 Å². The van der Waals surface area contributed by atoms with Crippen molar-refractivity contribution in [2.75, 3.05) is 5.32 Å². The molecule has 0 bridgehead atoms. The first-order valence-corrected chi connectivity index (χ1v) is 7.68. The Balaban J connectivity index is 2.12. The Kier molecular flexibility index (Phi) is 4.77. The summed E-state index contributed by atoms with van der Waals surface area (Å²) < 4.78 is 0. The van der Waals surface area contributed by atoms with Crippen LogP contribution in [0.4, 0.5) is 5.82 Å². The van der Waals surface area contributed by atoms with Crippen molar-refractivity contribution in [2.45, 2.75) is 40.2 Å². The Labute approximate surface area is 123 Å². The minimum absolute atomic E-state index is 0.537. The highest BCUT2D eigenvalue weighted by Gasteiger charge is 2.08. The first-order chi connectivity index (χ1) is 9.13. The van der Waals surface area contributed by atoms with E-state index in [-0.39, 0.29) is 0 Å². The Hall–Kier alpha value is -1.13. The monoisotopic (exact) mass is 295 g/mol. The highest BCUT2D eigenvalue weighted by atomic mass is 35.5. The number of thiophene rings is 1. The van der Waals surface area contributed by atoms with Crippen molar-refractivity contribution in [2.24, 2.45) is 0 Å². The molecule has 0 aromatic carbocycles. The normalized spacial score (nSPS) is 10.7. The number of nitrogens with one attached hydrogen (secondary N) is 1. The zero-order chi connectivity index (χ0) is 13.8. The molecule has 3 nitrogen and oxygen atoms in total. The summed E-state index contributed by atoms with van der Waals surface area (Å²) in [6.45, 7) is 6.92. The first kappa shape index (κ1) is 14.3. The average molecular weight is 296 g/mol. The van der Waals surface area contributed by atoms with E-state index in [2.05, 4.69) is 34.3 Å². The standard InChI is InChI=1S/C14H18ClN3S/c1-4-10-6-7-11(19-10)8-16-14-9(3)13(15)17-12(5-2)18-14/h6-7H,4-5,8H2,1-3H3,(H,16,17,18). The molecule has 0 aliphatic heterocycles. The molecule has 2 aromatic heterocycles. The van der Waals surface area contributed by atoms with Crippen molar-refractivity contribution in [3.05, 3.63) is 38.4 Å². The average Bonchev–Trinajstić information content (AvgIpc) is 2.88. The lowest BCUT2D eigenvalue weighted by atomic mass is 10.3. The molecular weight excluding hydrogens is 278 g/mol. The van der Waals surface area contributed by atoms with Crippen molar-refractivity contribution in [3.63, 3.8) is 0 Å². The molecule has 0 aliphatic rings. The molecule has 0 unspecified atom stereocenters. The number of aromatic nitrogens is 2. The maximum atomic E-state index is 6.12. The van der Waals surface area contributed by atoms with Crippen LogP contribution in [0.2, 0.25) is 5.15 Å². The molecule has 0 fully saturated rings. The minimum Gasteiger partial charge on any atom is -0.365 e. The fraction of sp³-hybridized carbons (Fsp3) is 0.429. The van der Waals surface area contributed by atoms with E-state index in [0.717, 1.165) is 36.6 Å². The lowest BCUT2D eigenvalue weighted by molar-refractivity contribution is 0.924. The van der Waals surface area contributed by atoms with E-state index in [0.29, 0.717) is 5.15 Å². The van der Waals surface area contributed by atoms with Crippen LogP contribution in [0, 0.1) is 6.92 Å². The molecule has 0 atom stereocenters. The quantitative estimate of drug-likeness (QED) is 0.839. The molecule has 2 aromatic rings. The summed E-state index contributed by atoms with van der Waals surface area (Å²) in [6.07, 6.45) is 1.87. The van der Waals surface area contributed by atoms with Gasteiger partial charge in [0.2, 0.25) is 0 Å². The van der Waals surface area contributed by atoms with Gasteiger partial charge in [-0.3, -0.25) is 0 Å². The third-order valence-electron chi connectivity index (χ3n) is 2.94. The van der Waals surface area contributed by atoms with Crippen molar-refractivity contribution < 1.29 is 0 Å². The predicted octanol–water partition coefficient (Wildman–Crippen LogP) is 4.24. The van der Waals surface area contributed by atoms with E-state index in [9.17, 15) is 0 Å². The molecule has 0 saturated heterocycles. The van der Waals surface area contributed by atoms with Crippen LogP contribution in [0.15, 0.2) is 12.1 Å². The lowest BCUT2D eigenvalue weighted by Gasteiger charge is -2.10. The van der Waals surface area contributed by atoms with Gasteiger partial charge in [0.1, 0.15) is 16.8 Å². The molecule has 102 valence electrons. The van der Waals surface area contributed by atoms with Crippen molar-refractivity contribution in [3.8, 4) is 0 Å². The van der Waals surface area contributed by atoms with Gasteiger partial charge in [-0.05, 0) is 25.5 Å². The van der Waals surface area contributed by atoms with Gasteiger partial charge in [-0.15, -0.1) is 11.3 Å². The van der Waals surface area contributed by atoms with Crippen molar-refractivity contribution in [1.29, 1.82) is 0 Å². The summed E-state index contributed by atoms with van der Waals surface area (Å²) in [5, 5.41) is 3.89. The summed E-state index contributed by atoms with van der Waals surface area (Å²) in [7, 11) is 0. The van der Waals surface area contributed by atoms with Gasteiger partial charge in [-0.25, -0.2) is 9.97 Å². The molecule has 5 heteroatoms. The molecule has 0 saturated carbocycles. The van der Waals surface area contributed by atoms with Gasteiger partial charge in [0, 0.05) is 21.7 Å². The zero-order valence-corrected chi connectivity index (χ0v) is 13.0. The van der Waals surface area contributed by atoms with E-state index in [4.69, 9.17) is 11.6 Å². The van der Waals surface area contributed by atoms with Crippen LogP contribution in [0.25, 0.3) is 0 Å². The molecule has 1 N–H and O–H groups in total. The number of hydrogen-bond acceptors (Lipinski definition) is 4. The Morgan fingerprint density at radius 3 is 2.53 bits per heavy atom. The van der Waals surface area contributed by atoms with Crippen LogP contribution in [0.1, 0.15) is 35.0 Å². The lowest BCUT2D eigenvalue weighted by Crippen LogP contribution is -2.06. The molecule has 0 amide bonds. The first-order valence-electron chi connectivity index (χ1n) is 6.48. The van der Waals surface area contributed by atoms with Crippen LogP contribution in [0.3, 0.4) is 0 Å². The van der Waals surface area contributed by atoms with E-state index in [1.54, 1.807) is 0 Å². The summed E-state index contributed by atoms with van der Waals surface area (Å²) >= 11 is 7.95. The number of hydrogen-bond donors (Lipinski definition) is 1. The smallest absolute Gasteiger partial charge is 0.137 e. The topological polar surface area (TPSA) is 37.8 Å². The Morgan fingerprint density at radius 2 is 1.89 bits per heavy atom. The van der Waals surface area contributed by atoms with Gasteiger partial charge in [0.15, 0.2) is 0 Å². The van der Waals surface area contributed by atoms with Crippen LogP contribution in [-0.2, 0) is 19.4 Å². The van der Waals surface area contributed by atoms with E-state index in [1.165, 1.54) is 9.75 Å². The van der Waals surface area contributed by atoms with Crippen LogP contribution < -0.4 is 5.32 Å². The van der Waals surface area contributed by atoms with E-state index < -0.39 is 0 Å². The third-order valence-corrected chi connectivity index (χ3v) is 4.54. The summed E-state index contributed by atoms with van der Waals surface area (Å²) in [5.74, 6) is 1.61. The van der Waals surface area contributed by atoms with Gasteiger partial charge in [-0.2, -0.15) is 0 Å². The summed E-state index contributed by atoms with van der Waals surface area (Å²) in [6, 6.07) is 4.34. The van der Waals surface area contributed by atoms with Gasteiger partial charge in [0.25, 0.3) is 0 Å². The number of nitrogens with zero attached hydrogens (tertiary/aromatic N) is 2. The largest absolute Gasteiger partial charge is 0.365 e. The summed E-state index contributed by atoms with van der Waals surface area (Å²) in [5.41, 5.74) is 0.908. The molecule has 0 spiro atoms. The Bertz CT molecular complexity index is 566. The van der Waals surface area contributed by atoms with Crippen molar-refractivity contribution >= 4 is 28.8 Å². The molecule has 2 rings (SSSR count). The maximum Gasteiger partial charge on any atom is 0.137 e. The molecule has 19 heavy (non-hydrogen) atoms. The molecule has 0 radical (unpaired) electrons. The number of halogens is 1. The van der Waals surface area contributed by atoms with Gasteiger partial charge in [-0.1, -0.05) is 25.4 Å². The molecule has 0 aliphatic carbocycles. The maximum absolute atomic E-state index is 6.12. The zero-order valence-electron chi connectivity index (χ0n) is 11.5. The highest BCUT2D eigenvalue weighted by molar-refractivity contribution is 7.12. The second-order valence-corrected chi connectivity index (χ2v) is 5.94. The minimum atomic E-state index is 0.537. The van der Waals surface area contributed by atoms with Gasteiger partial charge in [0.05, 0.1) is 6.54 Å². The highest BCUT2D eigenvalue weighted by Crippen LogP contribution is 2.22. The second-order valence-electron chi connectivity index (χ2n) is 4.33. The fourth-order valence-corrected chi connectivity index (χ4v) is 2.83. The van der Waals surface area contributed by atoms with Gasteiger partial charge < -0.3 is 5.32 Å². The fourth-order valence-electron chi connectivity index (χ4n) is 1.74. The number of anilines is 1. The second kappa shape index (κ2) is 6.35. The van der Waals surface area contributed by atoms with E-state index in [1.807, 2.05) is 25.2 Å². The molecule has 2 heterocycles.